The fourth-order valence-corrected chi connectivity index (χ4v) is 6.83. The summed E-state index contributed by atoms with van der Waals surface area (Å²) in [6, 6.07) is -0.697. The first-order valence-electron chi connectivity index (χ1n) is 12.9. The van der Waals surface area contributed by atoms with E-state index in [-0.39, 0.29) is 35.6 Å². The van der Waals surface area contributed by atoms with Gasteiger partial charge in [-0.25, -0.2) is 4.79 Å². The summed E-state index contributed by atoms with van der Waals surface area (Å²) < 4.78 is 4.98. The van der Waals surface area contributed by atoms with Gasteiger partial charge in [-0.2, -0.15) is 0 Å². The third-order valence-corrected chi connectivity index (χ3v) is 8.83. The number of nitrogens with zero attached hydrogens (tertiary/aromatic N) is 1. The van der Waals surface area contributed by atoms with Crippen LogP contribution in [0, 0.1) is 28.6 Å². The summed E-state index contributed by atoms with van der Waals surface area (Å²) in [5.41, 5.74) is 13.4. The summed E-state index contributed by atoms with van der Waals surface area (Å²) in [4.78, 5) is 30.2. The number of allylic oxidation sites excluding steroid dienone is 4. The van der Waals surface area contributed by atoms with Gasteiger partial charge >= 0.3 is 5.97 Å². The molecule has 3 aliphatic carbocycles. The number of fused-ring (bicyclic) bond motifs is 3. The maximum absolute atomic E-state index is 13.8. The monoisotopic (exact) mass is 508 g/mol. The largest absolute Gasteiger partial charge is 0.467 e. The third kappa shape index (κ3) is 6.04. The van der Waals surface area contributed by atoms with Crippen LogP contribution >= 0.6 is 12.4 Å². The molecule has 0 aliphatic heterocycles. The van der Waals surface area contributed by atoms with Crippen molar-refractivity contribution in [3.63, 3.8) is 0 Å². The van der Waals surface area contributed by atoms with Crippen molar-refractivity contribution in [3.8, 4) is 0 Å². The van der Waals surface area contributed by atoms with E-state index in [1.165, 1.54) is 12.7 Å². The number of guanidine groups is 1. The number of nitrogens with two attached hydrogens (primary N) is 2. The SMILES string of the molecule is COC(=O)[C@@H](CCCN=C(N)N)NC(=O)[C@]1(C)CCC[C@]2(C)C3CCC(C(C)C)=CC3=CCC21.Cl. The number of esters is 1. The van der Waals surface area contributed by atoms with Crippen molar-refractivity contribution in [3.05, 3.63) is 23.3 Å². The standard InChI is InChI=1S/C27H44N4O3.ClH/c1-17(2)18-9-11-20-19(16-18)10-12-22-26(20,3)13-7-14-27(22,4)24(33)31-21(23(32)34-5)8-6-15-30-25(28)29;/h10,16-17,20-22H,6-9,11-15H2,1-5H3,(H,31,33)(H4,28,29,30);1H/t20?,21-,22?,26-,27-;/m1./s1. The van der Waals surface area contributed by atoms with Gasteiger partial charge in [-0.05, 0) is 73.7 Å². The number of hydrogen-bond donors (Lipinski definition) is 3. The average Bonchev–Trinajstić information content (AvgIpc) is 2.79. The summed E-state index contributed by atoms with van der Waals surface area (Å²) in [5, 5.41) is 3.05. The molecular weight excluding hydrogens is 464 g/mol. The molecule has 198 valence electrons. The zero-order valence-electron chi connectivity index (χ0n) is 22.1. The van der Waals surface area contributed by atoms with E-state index in [0.717, 1.165) is 38.5 Å². The Kier molecular flexibility index (Phi) is 9.86. The highest BCUT2D eigenvalue weighted by Crippen LogP contribution is 2.62. The van der Waals surface area contributed by atoms with E-state index >= 15 is 0 Å². The molecule has 2 unspecified atom stereocenters. The minimum Gasteiger partial charge on any atom is -0.467 e. The van der Waals surface area contributed by atoms with Crippen molar-refractivity contribution in [1.29, 1.82) is 0 Å². The lowest BCUT2D eigenvalue weighted by Crippen LogP contribution is -2.57. The van der Waals surface area contributed by atoms with E-state index in [2.05, 4.69) is 50.2 Å². The molecule has 35 heavy (non-hydrogen) atoms. The smallest absolute Gasteiger partial charge is 0.328 e. The summed E-state index contributed by atoms with van der Waals surface area (Å²) in [7, 11) is 1.35. The van der Waals surface area contributed by atoms with Gasteiger partial charge in [-0.3, -0.25) is 9.79 Å². The van der Waals surface area contributed by atoms with Gasteiger partial charge in [0.15, 0.2) is 5.96 Å². The predicted molar refractivity (Wildman–Crippen MR) is 143 cm³/mol. The summed E-state index contributed by atoms with van der Waals surface area (Å²) in [5.74, 6) is 0.887. The number of ether oxygens (including phenoxy) is 1. The van der Waals surface area contributed by atoms with Crippen LogP contribution in [0.25, 0.3) is 0 Å². The van der Waals surface area contributed by atoms with Crippen molar-refractivity contribution in [2.24, 2.45) is 45.0 Å². The van der Waals surface area contributed by atoms with Crippen LogP contribution in [0.1, 0.15) is 79.1 Å². The van der Waals surface area contributed by atoms with Crippen LogP contribution in [0.5, 0.6) is 0 Å². The second-order valence-electron chi connectivity index (χ2n) is 11.2. The first-order valence-corrected chi connectivity index (χ1v) is 12.9. The topological polar surface area (TPSA) is 120 Å². The van der Waals surface area contributed by atoms with E-state index in [4.69, 9.17) is 16.2 Å². The first kappa shape index (κ1) is 29.2. The molecule has 0 aromatic carbocycles. The molecule has 0 radical (unpaired) electrons. The number of halogens is 1. The van der Waals surface area contributed by atoms with Crippen molar-refractivity contribution < 1.29 is 14.3 Å². The molecule has 0 aromatic rings. The van der Waals surface area contributed by atoms with Crippen molar-refractivity contribution >= 4 is 30.2 Å². The van der Waals surface area contributed by atoms with Crippen LogP contribution in [0.4, 0.5) is 0 Å². The first-order chi connectivity index (χ1) is 16.0. The lowest BCUT2D eigenvalue weighted by Gasteiger charge is -2.57. The molecule has 0 aromatic heterocycles. The van der Waals surface area contributed by atoms with E-state index in [1.54, 1.807) is 5.57 Å². The molecule has 1 saturated carbocycles. The van der Waals surface area contributed by atoms with Crippen LogP contribution in [0.3, 0.4) is 0 Å². The lowest BCUT2D eigenvalue weighted by atomic mass is 9.46. The molecule has 3 aliphatic rings. The zero-order valence-corrected chi connectivity index (χ0v) is 22.9. The van der Waals surface area contributed by atoms with E-state index in [1.807, 2.05) is 0 Å². The minimum atomic E-state index is -0.697. The predicted octanol–water partition coefficient (Wildman–Crippen LogP) is 4.25. The van der Waals surface area contributed by atoms with Gasteiger partial charge in [0.1, 0.15) is 6.04 Å². The molecule has 0 spiro atoms. The quantitative estimate of drug-likeness (QED) is 0.196. The zero-order chi connectivity index (χ0) is 25.1. The molecular formula is C27H45ClN4O3. The highest BCUT2D eigenvalue weighted by Gasteiger charge is 2.57. The number of carbonyl (C=O) groups excluding carboxylic acids is 2. The number of methoxy groups -OCH3 is 1. The highest BCUT2D eigenvalue weighted by molar-refractivity contribution is 5.88. The van der Waals surface area contributed by atoms with Gasteiger partial charge in [0, 0.05) is 6.54 Å². The summed E-state index contributed by atoms with van der Waals surface area (Å²) >= 11 is 0. The van der Waals surface area contributed by atoms with Crippen LogP contribution in [-0.2, 0) is 14.3 Å². The maximum Gasteiger partial charge on any atom is 0.328 e. The minimum absolute atomic E-state index is 0. The van der Waals surface area contributed by atoms with Crippen LogP contribution in [0.2, 0.25) is 0 Å². The molecule has 5 N–H and O–H groups in total. The Hall–Kier alpha value is -2.02. The number of nitrogens with one attached hydrogen (secondary N) is 1. The number of amides is 1. The van der Waals surface area contributed by atoms with Crippen molar-refractivity contribution in [1.82, 2.24) is 5.32 Å². The Balaban J connectivity index is 0.00000432. The average molecular weight is 509 g/mol. The van der Waals surface area contributed by atoms with Gasteiger partial charge < -0.3 is 21.5 Å². The van der Waals surface area contributed by atoms with Crippen molar-refractivity contribution in [2.45, 2.75) is 85.1 Å². The van der Waals surface area contributed by atoms with Crippen molar-refractivity contribution in [2.75, 3.05) is 13.7 Å². The normalized spacial score (nSPS) is 30.5. The molecule has 0 bridgehead atoms. The van der Waals surface area contributed by atoms with E-state index < -0.39 is 17.4 Å². The Morgan fingerprint density at radius 2 is 1.97 bits per heavy atom. The Morgan fingerprint density at radius 1 is 1.26 bits per heavy atom. The number of carbonyl (C=O) groups is 2. The Bertz CT molecular complexity index is 880. The van der Waals surface area contributed by atoms with Gasteiger partial charge in [0.05, 0.1) is 12.5 Å². The Labute approximate surface area is 217 Å². The number of rotatable bonds is 8. The number of aliphatic imine (C=N–C) groups is 1. The molecule has 3 rings (SSSR count). The molecule has 8 heteroatoms. The maximum atomic E-state index is 13.8. The number of hydrogen-bond acceptors (Lipinski definition) is 4. The van der Waals surface area contributed by atoms with Gasteiger partial charge in [0.2, 0.25) is 5.91 Å². The molecule has 1 amide bonds. The lowest BCUT2D eigenvalue weighted by molar-refractivity contribution is -0.151. The van der Waals surface area contributed by atoms with Crippen LogP contribution < -0.4 is 16.8 Å². The molecule has 5 atom stereocenters. The second kappa shape index (κ2) is 11.8. The summed E-state index contributed by atoms with van der Waals surface area (Å²) in [6.07, 6.45) is 12.1. The van der Waals surface area contributed by atoms with Gasteiger partial charge in [0.25, 0.3) is 0 Å². The van der Waals surface area contributed by atoms with Crippen LogP contribution in [0.15, 0.2) is 28.3 Å². The van der Waals surface area contributed by atoms with Gasteiger partial charge in [-0.1, -0.05) is 51.8 Å². The van der Waals surface area contributed by atoms with Crippen LogP contribution in [-0.4, -0.2) is 37.5 Å². The molecule has 7 nitrogen and oxygen atoms in total. The fraction of sp³-hybridized carbons (Fsp3) is 0.741. The van der Waals surface area contributed by atoms with E-state index in [9.17, 15) is 9.59 Å². The van der Waals surface area contributed by atoms with E-state index in [0.29, 0.717) is 31.2 Å². The highest BCUT2D eigenvalue weighted by atomic mass is 35.5. The molecule has 1 fully saturated rings. The molecule has 0 heterocycles. The Morgan fingerprint density at radius 3 is 2.60 bits per heavy atom. The fourth-order valence-electron chi connectivity index (χ4n) is 6.83. The molecule has 0 saturated heterocycles. The third-order valence-electron chi connectivity index (χ3n) is 8.83. The second-order valence-corrected chi connectivity index (χ2v) is 11.2. The summed E-state index contributed by atoms with van der Waals surface area (Å²) in [6.45, 7) is 9.47. The van der Waals surface area contributed by atoms with Gasteiger partial charge in [-0.15, -0.1) is 12.4 Å².